The summed E-state index contributed by atoms with van der Waals surface area (Å²) in [6.07, 6.45) is 0. The molecule has 13 heavy (non-hydrogen) atoms. The molecule has 1 aromatic rings. The number of carbonyl (C=O) groups is 1. The van der Waals surface area contributed by atoms with E-state index in [1.165, 1.54) is 7.11 Å². The van der Waals surface area contributed by atoms with Gasteiger partial charge in [0.15, 0.2) is 5.38 Å². The van der Waals surface area contributed by atoms with Crippen molar-refractivity contribution in [2.45, 2.75) is 5.38 Å². The molecular weight excluding hydrogens is 255 g/mol. The summed E-state index contributed by atoms with van der Waals surface area (Å²) in [6.45, 7) is 0. The lowest BCUT2D eigenvalue weighted by Gasteiger charge is -2.06. The highest BCUT2D eigenvalue weighted by molar-refractivity contribution is 9.10. The van der Waals surface area contributed by atoms with Crippen LogP contribution in [0.2, 0.25) is 0 Å². The molecular formula is C9H8BrClO2. The molecule has 1 atom stereocenters. The number of esters is 1. The van der Waals surface area contributed by atoms with Gasteiger partial charge in [0.2, 0.25) is 0 Å². The van der Waals surface area contributed by atoms with Crippen LogP contribution >= 0.6 is 27.5 Å². The Morgan fingerprint density at radius 1 is 1.46 bits per heavy atom. The van der Waals surface area contributed by atoms with Crippen molar-refractivity contribution in [3.05, 3.63) is 34.3 Å². The van der Waals surface area contributed by atoms with Crippen LogP contribution in [0, 0.1) is 0 Å². The van der Waals surface area contributed by atoms with Gasteiger partial charge in [-0.05, 0) is 17.7 Å². The molecule has 0 heterocycles. The zero-order chi connectivity index (χ0) is 9.84. The number of halogens is 2. The van der Waals surface area contributed by atoms with Crippen LogP contribution in [-0.4, -0.2) is 13.1 Å². The standard InChI is InChI=1S/C9H8BrClO2/c1-13-9(12)8(11)6-2-4-7(10)5-3-6/h2-5,8H,1H3/t8-/m0/s1. The first kappa shape index (κ1) is 10.5. The maximum Gasteiger partial charge on any atom is 0.328 e. The predicted molar refractivity (Wildman–Crippen MR) is 54.8 cm³/mol. The lowest BCUT2D eigenvalue weighted by molar-refractivity contribution is -0.140. The molecule has 0 amide bonds. The maximum absolute atomic E-state index is 11.0. The Balaban J connectivity index is 2.83. The first-order valence-electron chi connectivity index (χ1n) is 3.62. The normalized spacial score (nSPS) is 12.2. The molecule has 0 radical (unpaired) electrons. The van der Waals surface area contributed by atoms with E-state index in [9.17, 15) is 4.79 Å². The zero-order valence-electron chi connectivity index (χ0n) is 6.96. The Kier molecular flexibility index (Phi) is 3.75. The zero-order valence-corrected chi connectivity index (χ0v) is 9.30. The lowest BCUT2D eigenvalue weighted by atomic mass is 10.1. The molecule has 0 aliphatic rings. The summed E-state index contributed by atoms with van der Waals surface area (Å²) in [5.41, 5.74) is 0.733. The van der Waals surface area contributed by atoms with Crippen molar-refractivity contribution in [3.8, 4) is 0 Å². The summed E-state index contributed by atoms with van der Waals surface area (Å²) in [6, 6.07) is 7.21. The van der Waals surface area contributed by atoms with Crippen molar-refractivity contribution in [3.63, 3.8) is 0 Å². The van der Waals surface area contributed by atoms with E-state index < -0.39 is 11.3 Å². The van der Waals surface area contributed by atoms with Gasteiger partial charge in [-0.2, -0.15) is 0 Å². The van der Waals surface area contributed by atoms with Gasteiger partial charge in [-0.3, -0.25) is 4.79 Å². The fourth-order valence-electron chi connectivity index (χ4n) is 0.871. The van der Waals surface area contributed by atoms with E-state index in [1.54, 1.807) is 12.1 Å². The van der Waals surface area contributed by atoms with Gasteiger partial charge in [-0.25, -0.2) is 0 Å². The SMILES string of the molecule is COC(=O)[C@@H](Cl)c1ccc(Br)cc1. The van der Waals surface area contributed by atoms with Crippen molar-refractivity contribution in [2.75, 3.05) is 7.11 Å². The van der Waals surface area contributed by atoms with E-state index in [2.05, 4.69) is 20.7 Å². The summed E-state index contributed by atoms with van der Waals surface area (Å²) in [4.78, 5) is 11.0. The number of hydrogen-bond acceptors (Lipinski definition) is 2. The van der Waals surface area contributed by atoms with Crippen LogP contribution in [-0.2, 0) is 9.53 Å². The molecule has 2 nitrogen and oxygen atoms in total. The van der Waals surface area contributed by atoms with Gasteiger partial charge in [0, 0.05) is 4.47 Å². The van der Waals surface area contributed by atoms with Crippen molar-refractivity contribution >= 4 is 33.5 Å². The maximum atomic E-state index is 11.0. The summed E-state index contributed by atoms with van der Waals surface area (Å²) in [7, 11) is 1.32. The lowest BCUT2D eigenvalue weighted by Crippen LogP contribution is -2.08. The van der Waals surface area contributed by atoms with Crippen LogP contribution in [0.4, 0.5) is 0 Å². The predicted octanol–water partition coefficient (Wildman–Crippen LogP) is 2.90. The largest absolute Gasteiger partial charge is 0.468 e. The average molecular weight is 264 g/mol. The molecule has 0 unspecified atom stereocenters. The van der Waals surface area contributed by atoms with E-state index >= 15 is 0 Å². The number of alkyl halides is 1. The Morgan fingerprint density at radius 2 is 2.00 bits per heavy atom. The molecule has 0 aliphatic carbocycles. The molecule has 0 aliphatic heterocycles. The van der Waals surface area contributed by atoms with Crippen LogP contribution in [0.3, 0.4) is 0 Å². The van der Waals surface area contributed by atoms with E-state index in [0.29, 0.717) is 0 Å². The van der Waals surface area contributed by atoms with Gasteiger partial charge in [0.1, 0.15) is 0 Å². The quantitative estimate of drug-likeness (QED) is 0.606. The Labute approximate surface area is 90.0 Å². The first-order valence-corrected chi connectivity index (χ1v) is 4.85. The summed E-state index contributed by atoms with van der Waals surface area (Å²) in [5.74, 6) is -0.441. The van der Waals surface area contributed by atoms with E-state index in [1.807, 2.05) is 12.1 Å². The van der Waals surface area contributed by atoms with E-state index in [-0.39, 0.29) is 0 Å². The topological polar surface area (TPSA) is 26.3 Å². The van der Waals surface area contributed by atoms with Crippen LogP contribution < -0.4 is 0 Å². The van der Waals surface area contributed by atoms with Gasteiger partial charge < -0.3 is 4.74 Å². The Bertz CT molecular complexity index is 297. The van der Waals surface area contributed by atoms with Gasteiger partial charge in [0.25, 0.3) is 0 Å². The third kappa shape index (κ3) is 2.71. The second-order valence-electron chi connectivity index (χ2n) is 2.44. The fourth-order valence-corrected chi connectivity index (χ4v) is 1.37. The highest BCUT2D eigenvalue weighted by Gasteiger charge is 2.17. The summed E-state index contributed by atoms with van der Waals surface area (Å²) in [5, 5.41) is -0.724. The van der Waals surface area contributed by atoms with Crippen molar-refractivity contribution in [2.24, 2.45) is 0 Å². The summed E-state index contributed by atoms with van der Waals surface area (Å²) < 4.78 is 5.46. The smallest absolute Gasteiger partial charge is 0.328 e. The van der Waals surface area contributed by atoms with Gasteiger partial charge >= 0.3 is 5.97 Å². The van der Waals surface area contributed by atoms with Crippen LogP contribution in [0.1, 0.15) is 10.9 Å². The highest BCUT2D eigenvalue weighted by atomic mass is 79.9. The van der Waals surface area contributed by atoms with Crippen LogP contribution in [0.25, 0.3) is 0 Å². The second-order valence-corrected chi connectivity index (χ2v) is 3.79. The summed E-state index contributed by atoms with van der Waals surface area (Å²) >= 11 is 9.11. The highest BCUT2D eigenvalue weighted by Crippen LogP contribution is 2.23. The molecule has 1 aromatic carbocycles. The van der Waals surface area contributed by atoms with Crippen molar-refractivity contribution in [1.29, 1.82) is 0 Å². The molecule has 0 bridgehead atoms. The Morgan fingerprint density at radius 3 is 2.46 bits per heavy atom. The van der Waals surface area contributed by atoms with Gasteiger partial charge in [0.05, 0.1) is 7.11 Å². The fraction of sp³-hybridized carbons (Fsp3) is 0.222. The second kappa shape index (κ2) is 4.63. The van der Waals surface area contributed by atoms with Crippen molar-refractivity contribution in [1.82, 2.24) is 0 Å². The molecule has 1 rings (SSSR count). The molecule has 0 aromatic heterocycles. The molecule has 4 heteroatoms. The van der Waals surface area contributed by atoms with Crippen LogP contribution in [0.5, 0.6) is 0 Å². The molecule has 0 fully saturated rings. The van der Waals surface area contributed by atoms with Gasteiger partial charge in [-0.1, -0.05) is 28.1 Å². The van der Waals surface area contributed by atoms with Gasteiger partial charge in [-0.15, -0.1) is 11.6 Å². The molecule has 0 spiro atoms. The first-order chi connectivity index (χ1) is 6.15. The number of methoxy groups -OCH3 is 1. The number of carbonyl (C=O) groups excluding carboxylic acids is 1. The number of hydrogen-bond donors (Lipinski definition) is 0. The Hall–Kier alpha value is -0.540. The molecule has 70 valence electrons. The monoisotopic (exact) mass is 262 g/mol. The third-order valence-electron chi connectivity index (χ3n) is 1.57. The van der Waals surface area contributed by atoms with Crippen LogP contribution in [0.15, 0.2) is 28.7 Å². The number of benzene rings is 1. The minimum absolute atomic E-state index is 0.441. The minimum atomic E-state index is -0.724. The van der Waals surface area contributed by atoms with Crippen molar-refractivity contribution < 1.29 is 9.53 Å². The average Bonchev–Trinajstić information content (AvgIpc) is 2.17. The molecule has 0 N–H and O–H groups in total. The minimum Gasteiger partial charge on any atom is -0.468 e. The molecule has 0 saturated carbocycles. The van der Waals surface area contributed by atoms with E-state index in [4.69, 9.17) is 11.6 Å². The van der Waals surface area contributed by atoms with E-state index in [0.717, 1.165) is 10.0 Å². The molecule has 0 saturated heterocycles. The number of ether oxygens (including phenoxy) is 1. The third-order valence-corrected chi connectivity index (χ3v) is 2.53. The number of rotatable bonds is 2.